The van der Waals surface area contributed by atoms with Crippen LogP contribution < -0.4 is 10.6 Å². The quantitative estimate of drug-likeness (QED) is 0.333. The number of likely N-dealkylation sites (tertiary alicyclic amines) is 1. The van der Waals surface area contributed by atoms with E-state index in [9.17, 15) is 8.42 Å². The molecule has 1 saturated heterocycles. The molecule has 0 saturated carbocycles. The zero-order valence-corrected chi connectivity index (χ0v) is 20.0. The molecule has 0 bridgehead atoms. The van der Waals surface area contributed by atoms with Crippen molar-refractivity contribution in [2.45, 2.75) is 37.5 Å². The molecular formula is C17H31IN4O2S2. The van der Waals surface area contributed by atoms with Gasteiger partial charge >= 0.3 is 0 Å². The van der Waals surface area contributed by atoms with Crippen LogP contribution in [0, 0.1) is 0 Å². The minimum absolute atomic E-state index is 0. The van der Waals surface area contributed by atoms with E-state index in [4.69, 9.17) is 0 Å². The van der Waals surface area contributed by atoms with Crippen molar-refractivity contribution in [3.8, 4) is 0 Å². The van der Waals surface area contributed by atoms with Gasteiger partial charge in [0.25, 0.3) is 0 Å². The lowest BCUT2D eigenvalue weighted by Crippen LogP contribution is -2.49. The predicted octanol–water partition coefficient (Wildman–Crippen LogP) is 2.49. The molecule has 0 aromatic carbocycles. The van der Waals surface area contributed by atoms with E-state index in [1.807, 2.05) is 0 Å². The van der Waals surface area contributed by atoms with E-state index in [0.717, 1.165) is 19.6 Å². The van der Waals surface area contributed by atoms with Gasteiger partial charge in [0, 0.05) is 31.3 Å². The molecule has 1 aromatic heterocycles. The van der Waals surface area contributed by atoms with Crippen LogP contribution in [0.5, 0.6) is 0 Å². The number of halogens is 1. The van der Waals surface area contributed by atoms with Crippen molar-refractivity contribution in [2.24, 2.45) is 4.99 Å². The number of sulfone groups is 1. The van der Waals surface area contributed by atoms with Gasteiger partial charge in [0.2, 0.25) is 0 Å². The largest absolute Gasteiger partial charge is 0.355 e. The number of aliphatic imine (C=N–C) groups is 1. The summed E-state index contributed by atoms with van der Waals surface area (Å²) in [5.74, 6) is 0.637. The number of rotatable bonds is 7. The van der Waals surface area contributed by atoms with E-state index in [-0.39, 0.29) is 24.0 Å². The molecule has 1 unspecified atom stereocenters. The lowest BCUT2D eigenvalue weighted by Gasteiger charge is -2.28. The fraction of sp³-hybridized carbons (Fsp3) is 0.706. The molecule has 1 fully saturated rings. The monoisotopic (exact) mass is 514 g/mol. The maximum absolute atomic E-state index is 11.8. The molecule has 1 aliphatic rings. The first-order valence-corrected chi connectivity index (χ1v) is 11.4. The van der Waals surface area contributed by atoms with Crippen LogP contribution in [0.1, 0.15) is 37.6 Å². The molecule has 0 radical (unpaired) electrons. The van der Waals surface area contributed by atoms with Gasteiger partial charge in [-0.25, -0.2) is 8.42 Å². The van der Waals surface area contributed by atoms with E-state index in [0.29, 0.717) is 18.5 Å². The topological polar surface area (TPSA) is 73.8 Å². The highest BCUT2D eigenvalue weighted by Gasteiger charge is 2.30. The Morgan fingerprint density at radius 2 is 2.00 bits per heavy atom. The smallest absolute Gasteiger partial charge is 0.191 e. The zero-order valence-electron chi connectivity index (χ0n) is 16.0. The van der Waals surface area contributed by atoms with Crippen LogP contribution >= 0.6 is 35.3 Å². The average molecular weight is 514 g/mol. The average Bonchev–Trinajstić information content (AvgIpc) is 3.23. The van der Waals surface area contributed by atoms with Gasteiger partial charge in [-0.1, -0.05) is 6.07 Å². The van der Waals surface area contributed by atoms with Gasteiger partial charge < -0.3 is 10.6 Å². The normalized spacial score (nSPS) is 17.6. The first-order chi connectivity index (χ1) is 11.7. The van der Waals surface area contributed by atoms with Crippen molar-refractivity contribution >= 4 is 51.1 Å². The molecule has 2 heterocycles. The summed E-state index contributed by atoms with van der Waals surface area (Å²) in [5, 5.41) is 8.63. The minimum Gasteiger partial charge on any atom is -0.355 e. The van der Waals surface area contributed by atoms with Crippen LogP contribution in [-0.4, -0.2) is 63.5 Å². The molecule has 26 heavy (non-hydrogen) atoms. The minimum atomic E-state index is -3.14. The van der Waals surface area contributed by atoms with Crippen LogP contribution in [0.25, 0.3) is 0 Å². The van der Waals surface area contributed by atoms with Crippen molar-refractivity contribution in [3.63, 3.8) is 0 Å². The van der Waals surface area contributed by atoms with E-state index in [1.54, 1.807) is 32.2 Å². The second-order valence-corrected chi connectivity index (χ2v) is 10.7. The van der Waals surface area contributed by atoms with Crippen molar-refractivity contribution in [2.75, 3.05) is 39.5 Å². The van der Waals surface area contributed by atoms with Crippen molar-refractivity contribution in [1.29, 1.82) is 0 Å². The third kappa shape index (κ3) is 6.35. The molecule has 0 aliphatic carbocycles. The SMILES string of the molecule is CN=C(NCC(c1cccs1)N1CCCC1)NCC(C)(C)S(C)(=O)=O.I. The molecule has 150 valence electrons. The summed E-state index contributed by atoms with van der Waals surface area (Å²) in [5.41, 5.74) is 0. The highest BCUT2D eigenvalue weighted by Crippen LogP contribution is 2.27. The van der Waals surface area contributed by atoms with E-state index in [2.05, 4.69) is 38.0 Å². The number of guanidine groups is 1. The number of thiophene rings is 1. The molecule has 2 rings (SSSR count). The fourth-order valence-corrected chi connectivity index (χ4v) is 3.98. The number of nitrogens with zero attached hydrogens (tertiary/aromatic N) is 2. The second kappa shape index (κ2) is 10.2. The summed E-state index contributed by atoms with van der Waals surface area (Å²) in [4.78, 5) is 8.09. The summed E-state index contributed by atoms with van der Waals surface area (Å²) in [6, 6.07) is 4.59. The maximum atomic E-state index is 11.8. The van der Waals surface area contributed by atoms with E-state index in [1.165, 1.54) is 24.0 Å². The summed E-state index contributed by atoms with van der Waals surface area (Å²) >= 11 is 1.78. The Hall–Kier alpha value is -0.390. The van der Waals surface area contributed by atoms with Crippen LogP contribution in [0.4, 0.5) is 0 Å². The zero-order chi connectivity index (χ0) is 18.5. The highest BCUT2D eigenvalue weighted by molar-refractivity contribution is 14.0. The van der Waals surface area contributed by atoms with Crippen molar-refractivity contribution in [1.82, 2.24) is 15.5 Å². The Kier molecular flexibility index (Phi) is 9.31. The molecule has 1 atom stereocenters. The van der Waals surface area contributed by atoms with Crippen LogP contribution in [0.3, 0.4) is 0 Å². The highest BCUT2D eigenvalue weighted by atomic mass is 127. The summed E-state index contributed by atoms with van der Waals surface area (Å²) < 4.78 is 22.8. The molecule has 1 aliphatic heterocycles. The molecule has 0 amide bonds. The predicted molar refractivity (Wildman–Crippen MR) is 122 cm³/mol. The standard InChI is InChI=1S/C17H30N4O2S2.HI/c1-17(2,25(4,22)23)13-20-16(18-3)19-12-14(15-8-7-11-24-15)21-9-5-6-10-21;/h7-8,11,14H,5-6,9-10,12-13H2,1-4H3,(H2,18,19,20);1H. The van der Waals surface area contributed by atoms with Crippen molar-refractivity contribution in [3.05, 3.63) is 22.4 Å². The Morgan fingerprint density at radius 1 is 1.35 bits per heavy atom. The van der Waals surface area contributed by atoms with Gasteiger partial charge in [-0.15, -0.1) is 35.3 Å². The molecule has 6 nitrogen and oxygen atoms in total. The lowest BCUT2D eigenvalue weighted by atomic mass is 10.2. The van der Waals surface area contributed by atoms with Gasteiger partial charge in [-0.2, -0.15) is 0 Å². The van der Waals surface area contributed by atoms with E-state index < -0.39 is 14.6 Å². The Morgan fingerprint density at radius 3 is 2.50 bits per heavy atom. The molecule has 1 aromatic rings. The van der Waals surface area contributed by atoms with Gasteiger partial charge in [0.05, 0.1) is 10.8 Å². The number of nitrogens with one attached hydrogen (secondary N) is 2. The van der Waals surface area contributed by atoms with Crippen LogP contribution in [0.2, 0.25) is 0 Å². The summed E-state index contributed by atoms with van der Waals surface area (Å²) in [6.07, 6.45) is 3.76. The third-order valence-corrected chi connectivity index (χ3v) is 7.95. The van der Waals surface area contributed by atoms with Crippen LogP contribution in [-0.2, 0) is 9.84 Å². The Balaban J connectivity index is 0.00000338. The summed E-state index contributed by atoms with van der Waals surface area (Å²) in [7, 11) is -1.43. The Labute approximate surface area is 178 Å². The molecule has 2 N–H and O–H groups in total. The fourth-order valence-electron chi connectivity index (χ4n) is 2.79. The second-order valence-electron chi connectivity index (χ2n) is 7.11. The van der Waals surface area contributed by atoms with Crippen molar-refractivity contribution < 1.29 is 8.42 Å². The van der Waals surface area contributed by atoms with Crippen LogP contribution in [0.15, 0.2) is 22.5 Å². The van der Waals surface area contributed by atoms with Gasteiger partial charge in [-0.3, -0.25) is 9.89 Å². The Bertz CT molecular complexity index is 669. The lowest BCUT2D eigenvalue weighted by molar-refractivity contribution is 0.249. The molecule has 0 spiro atoms. The summed E-state index contributed by atoms with van der Waals surface area (Å²) in [6.45, 7) is 6.76. The first-order valence-electron chi connectivity index (χ1n) is 8.66. The number of hydrogen-bond acceptors (Lipinski definition) is 5. The van der Waals surface area contributed by atoms with E-state index >= 15 is 0 Å². The first kappa shape index (κ1) is 23.6. The third-order valence-electron chi connectivity index (χ3n) is 4.82. The molecule has 9 heteroatoms. The molecular weight excluding hydrogens is 483 g/mol. The van der Waals surface area contributed by atoms with Gasteiger partial charge in [-0.05, 0) is 51.2 Å². The van der Waals surface area contributed by atoms with Gasteiger partial charge in [0.1, 0.15) is 0 Å². The number of hydrogen-bond donors (Lipinski definition) is 2. The van der Waals surface area contributed by atoms with Gasteiger partial charge in [0.15, 0.2) is 15.8 Å². The maximum Gasteiger partial charge on any atom is 0.191 e.